The van der Waals surface area contributed by atoms with E-state index in [9.17, 15) is 19.5 Å². The Morgan fingerprint density at radius 1 is 0.577 bits per heavy atom. The lowest BCUT2D eigenvalue weighted by Gasteiger charge is -2.31. The average Bonchev–Trinajstić information content (AvgIpc) is 3.09. The van der Waals surface area contributed by atoms with Crippen LogP contribution >= 0.6 is 0 Å². The Labute approximate surface area is 319 Å². The van der Waals surface area contributed by atoms with E-state index < -0.39 is 18.1 Å². The normalized spacial score (nSPS) is 13.3. The second-order valence-corrected chi connectivity index (χ2v) is 15.2. The molecule has 0 aliphatic carbocycles. The number of allylic oxidation sites excluding steroid dienone is 6. The van der Waals surface area contributed by atoms with Crippen molar-refractivity contribution in [3.63, 3.8) is 0 Å². The van der Waals surface area contributed by atoms with Crippen LogP contribution in [0.5, 0.6) is 0 Å². The zero-order chi connectivity index (χ0) is 38.5. The number of hydrogen-bond donors (Lipinski definition) is 1. The molecule has 302 valence electrons. The summed E-state index contributed by atoms with van der Waals surface area (Å²) < 4.78 is 17.2. The molecule has 0 saturated heterocycles. The zero-order valence-electron chi connectivity index (χ0n) is 34.3. The van der Waals surface area contributed by atoms with Gasteiger partial charge in [-0.2, -0.15) is 0 Å². The van der Waals surface area contributed by atoms with Crippen molar-refractivity contribution >= 4 is 17.9 Å². The first-order chi connectivity index (χ1) is 25.1. The van der Waals surface area contributed by atoms with E-state index in [-0.39, 0.29) is 42.7 Å². The van der Waals surface area contributed by atoms with Gasteiger partial charge in [-0.05, 0) is 57.8 Å². The summed E-state index contributed by atoms with van der Waals surface area (Å²) >= 11 is 0. The first-order valence-corrected chi connectivity index (χ1v) is 21.0. The molecule has 8 nitrogen and oxygen atoms in total. The number of aliphatic carboxylic acids is 1. The zero-order valence-corrected chi connectivity index (χ0v) is 34.3. The number of esters is 2. The molecule has 0 heterocycles. The van der Waals surface area contributed by atoms with Crippen LogP contribution in [0.1, 0.15) is 174 Å². The van der Waals surface area contributed by atoms with E-state index in [1.807, 2.05) is 27.2 Å². The maximum Gasteiger partial charge on any atom is 0.362 e. The van der Waals surface area contributed by atoms with Gasteiger partial charge in [0.05, 0.1) is 34.4 Å². The highest BCUT2D eigenvalue weighted by molar-refractivity contribution is 5.72. The van der Waals surface area contributed by atoms with Crippen LogP contribution in [-0.4, -0.2) is 80.6 Å². The van der Waals surface area contributed by atoms with Gasteiger partial charge in [-0.15, -0.1) is 0 Å². The van der Waals surface area contributed by atoms with Crippen molar-refractivity contribution in [3.8, 4) is 0 Å². The highest BCUT2D eigenvalue weighted by Gasteiger charge is 2.31. The lowest BCUT2D eigenvalue weighted by molar-refractivity contribution is -0.887. The van der Waals surface area contributed by atoms with Gasteiger partial charge in [0, 0.05) is 19.3 Å². The van der Waals surface area contributed by atoms with E-state index in [0.29, 0.717) is 19.3 Å². The summed E-state index contributed by atoms with van der Waals surface area (Å²) in [6, 6.07) is -0.622. The second-order valence-electron chi connectivity index (χ2n) is 15.2. The second kappa shape index (κ2) is 35.6. The number of likely N-dealkylation sites (N-methyl/N-ethyl adjacent to an activating group) is 1. The number of ether oxygens (including phenoxy) is 3. The van der Waals surface area contributed by atoms with Gasteiger partial charge < -0.3 is 23.8 Å². The van der Waals surface area contributed by atoms with Crippen LogP contribution in [0.3, 0.4) is 0 Å². The number of quaternary nitrogens is 1. The van der Waals surface area contributed by atoms with E-state index in [1.165, 1.54) is 103 Å². The highest BCUT2D eigenvalue weighted by atomic mass is 16.6. The molecule has 52 heavy (non-hydrogen) atoms. The van der Waals surface area contributed by atoms with Crippen LogP contribution in [-0.2, 0) is 28.6 Å². The third-order valence-electron chi connectivity index (χ3n) is 9.28. The summed E-state index contributed by atoms with van der Waals surface area (Å²) in [5, 5.41) is 9.59. The summed E-state index contributed by atoms with van der Waals surface area (Å²) in [6.07, 6.45) is 39.1. The number of hydrogen-bond acceptors (Lipinski definition) is 6. The molecule has 0 aliphatic rings. The fraction of sp³-hybridized carbons (Fsp3) is 0.795. The number of carbonyl (C=O) groups is 3. The van der Waals surface area contributed by atoms with Gasteiger partial charge in [-0.3, -0.25) is 9.59 Å². The number of carbonyl (C=O) groups excluding carboxylic acids is 2. The minimum atomic E-state index is -0.884. The molecule has 0 bridgehead atoms. The monoisotopic (exact) mass is 735 g/mol. The maximum absolute atomic E-state index is 12.6. The first kappa shape index (κ1) is 49.6. The molecule has 1 N–H and O–H groups in total. The first-order valence-electron chi connectivity index (χ1n) is 21.0. The molecule has 0 amide bonds. The molecule has 2 atom stereocenters. The Kier molecular flexibility index (Phi) is 33.9. The Morgan fingerprint density at radius 2 is 1.06 bits per heavy atom. The molecule has 0 aromatic carbocycles. The van der Waals surface area contributed by atoms with Crippen molar-refractivity contribution in [3.05, 3.63) is 36.5 Å². The molecule has 0 spiro atoms. The summed E-state index contributed by atoms with van der Waals surface area (Å²) in [6.45, 7) is 4.64. The Balaban J connectivity index is 4.44. The van der Waals surface area contributed by atoms with E-state index in [0.717, 1.165) is 32.1 Å². The van der Waals surface area contributed by atoms with Crippen LogP contribution < -0.4 is 0 Å². The van der Waals surface area contributed by atoms with E-state index in [2.05, 4.69) is 44.2 Å². The Hall–Kier alpha value is -2.45. The van der Waals surface area contributed by atoms with Crippen molar-refractivity contribution in [2.75, 3.05) is 41.0 Å². The SMILES string of the molecule is CCCCCC/C=C/CCCCCCCCCC(=O)OCC(COCCC(C(=O)O)[N+](C)(C)C)OC(=O)CC/C=C/C/C=C/CCCCCCCC. The Morgan fingerprint density at radius 3 is 1.60 bits per heavy atom. The third kappa shape index (κ3) is 33.4. The van der Waals surface area contributed by atoms with Gasteiger partial charge in [-0.1, -0.05) is 134 Å². The minimum absolute atomic E-state index is 0.0382. The molecule has 0 radical (unpaired) electrons. The maximum atomic E-state index is 12.6. The topological polar surface area (TPSA) is 99.1 Å². The molecular formula is C44H80NO7+. The van der Waals surface area contributed by atoms with E-state index in [1.54, 1.807) is 0 Å². The van der Waals surface area contributed by atoms with Gasteiger partial charge in [0.25, 0.3) is 0 Å². The van der Waals surface area contributed by atoms with Crippen LogP contribution in [0.2, 0.25) is 0 Å². The van der Waals surface area contributed by atoms with Gasteiger partial charge in [-0.25, -0.2) is 4.79 Å². The lowest BCUT2D eigenvalue weighted by atomic mass is 10.1. The predicted molar refractivity (Wildman–Crippen MR) is 215 cm³/mol. The summed E-state index contributed by atoms with van der Waals surface area (Å²) in [5.74, 6) is -1.56. The Bertz CT molecular complexity index is 953. The quantitative estimate of drug-likeness (QED) is 0.0293. The molecular weight excluding hydrogens is 654 g/mol. The largest absolute Gasteiger partial charge is 0.477 e. The number of rotatable bonds is 37. The number of carboxylic acids is 1. The van der Waals surface area contributed by atoms with Crippen molar-refractivity contribution in [1.29, 1.82) is 0 Å². The number of nitrogens with zero attached hydrogens (tertiary/aromatic N) is 1. The average molecular weight is 735 g/mol. The lowest BCUT2D eigenvalue weighted by Crippen LogP contribution is -2.50. The predicted octanol–water partition coefficient (Wildman–Crippen LogP) is 11.1. The van der Waals surface area contributed by atoms with Crippen molar-refractivity contribution in [2.45, 2.75) is 187 Å². The van der Waals surface area contributed by atoms with Gasteiger partial charge in [0.1, 0.15) is 6.61 Å². The minimum Gasteiger partial charge on any atom is -0.477 e. The summed E-state index contributed by atoms with van der Waals surface area (Å²) in [7, 11) is 5.50. The van der Waals surface area contributed by atoms with Crippen molar-refractivity contribution in [1.82, 2.24) is 0 Å². The molecule has 0 aromatic heterocycles. The van der Waals surface area contributed by atoms with Crippen LogP contribution in [0.25, 0.3) is 0 Å². The van der Waals surface area contributed by atoms with Crippen molar-refractivity contribution in [2.24, 2.45) is 0 Å². The van der Waals surface area contributed by atoms with E-state index in [4.69, 9.17) is 14.2 Å². The number of unbranched alkanes of at least 4 members (excludes halogenated alkanes) is 17. The third-order valence-corrected chi connectivity index (χ3v) is 9.28. The fourth-order valence-corrected chi connectivity index (χ4v) is 5.96. The van der Waals surface area contributed by atoms with Gasteiger partial charge >= 0.3 is 17.9 Å². The highest BCUT2D eigenvalue weighted by Crippen LogP contribution is 2.13. The van der Waals surface area contributed by atoms with Crippen LogP contribution in [0.15, 0.2) is 36.5 Å². The summed E-state index contributed by atoms with van der Waals surface area (Å²) in [5.41, 5.74) is 0. The molecule has 8 heteroatoms. The molecule has 0 aromatic rings. The standard InChI is InChI=1S/C44H79NO7/c1-6-8-10-12-14-16-18-20-21-23-24-26-28-30-32-34-42(46)51-39-40(38-50-37-36-41(44(48)49)45(3,4)5)52-43(47)35-33-31-29-27-25-22-19-17-15-13-11-9-7-2/h16,18,22,25,29,31,40-41H,6-15,17,19-21,23-24,26-28,30,32-39H2,1-5H3/p+1/b18-16+,25-22+,31-29+. The summed E-state index contributed by atoms with van der Waals surface area (Å²) in [4.78, 5) is 36.8. The molecule has 0 aliphatic heterocycles. The van der Waals surface area contributed by atoms with E-state index >= 15 is 0 Å². The van der Waals surface area contributed by atoms with Gasteiger partial charge in [0.2, 0.25) is 0 Å². The van der Waals surface area contributed by atoms with Crippen molar-refractivity contribution < 1.29 is 38.2 Å². The fourth-order valence-electron chi connectivity index (χ4n) is 5.96. The van der Waals surface area contributed by atoms with Crippen LogP contribution in [0.4, 0.5) is 0 Å². The number of carboxylic acid groups (broad SMARTS) is 1. The molecule has 2 unspecified atom stereocenters. The molecule has 0 rings (SSSR count). The smallest absolute Gasteiger partial charge is 0.362 e. The van der Waals surface area contributed by atoms with Crippen LogP contribution in [0, 0.1) is 0 Å². The molecule has 0 saturated carbocycles. The molecule has 0 fully saturated rings. The van der Waals surface area contributed by atoms with Gasteiger partial charge in [0.15, 0.2) is 12.1 Å².